The molecule has 0 N–H and O–H groups in total. The van der Waals surface area contributed by atoms with E-state index in [1.54, 1.807) is 0 Å². The highest BCUT2D eigenvalue weighted by atomic mass is 14.7. The first-order valence-electron chi connectivity index (χ1n) is 7.77. The van der Waals surface area contributed by atoms with E-state index in [1.807, 2.05) is 6.20 Å². The van der Waals surface area contributed by atoms with Gasteiger partial charge in [0, 0.05) is 11.8 Å². The molecule has 0 saturated carbocycles. The molecule has 0 aliphatic heterocycles. The molecule has 2 aromatic rings. The zero-order chi connectivity index (χ0) is 14.4. The number of nitrogens with zero attached hydrogens (tertiary/aromatic N) is 1. The van der Waals surface area contributed by atoms with E-state index in [0.717, 1.165) is 18.0 Å². The molecule has 0 saturated heterocycles. The average Bonchev–Trinajstić information content (AvgIpc) is 2.53. The average molecular weight is 267 g/mol. The highest BCUT2D eigenvalue weighted by Gasteiger charge is 2.02. The SMILES string of the molecule is CCc1ccc(-c2ccc(CCC(C)CC)cc2)nc1. The van der Waals surface area contributed by atoms with E-state index in [1.165, 1.54) is 36.0 Å². The fraction of sp³-hybridized carbons (Fsp3) is 0.421. The van der Waals surface area contributed by atoms with Crippen molar-refractivity contribution in [2.75, 3.05) is 0 Å². The van der Waals surface area contributed by atoms with Gasteiger partial charge in [-0.05, 0) is 42.4 Å². The summed E-state index contributed by atoms with van der Waals surface area (Å²) in [6.45, 7) is 6.75. The van der Waals surface area contributed by atoms with Crippen LogP contribution in [-0.4, -0.2) is 4.98 Å². The summed E-state index contributed by atoms with van der Waals surface area (Å²) in [6, 6.07) is 13.2. The van der Waals surface area contributed by atoms with E-state index in [4.69, 9.17) is 0 Å². The van der Waals surface area contributed by atoms with Crippen molar-refractivity contribution in [2.24, 2.45) is 5.92 Å². The highest BCUT2D eigenvalue weighted by molar-refractivity contribution is 5.59. The van der Waals surface area contributed by atoms with Gasteiger partial charge in [0.05, 0.1) is 5.69 Å². The van der Waals surface area contributed by atoms with Crippen molar-refractivity contribution in [3.8, 4) is 11.3 Å². The topological polar surface area (TPSA) is 12.9 Å². The maximum atomic E-state index is 4.54. The van der Waals surface area contributed by atoms with Crippen LogP contribution in [0.3, 0.4) is 0 Å². The largest absolute Gasteiger partial charge is 0.256 e. The number of aryl methyl sites for hydroxylation is 2. The van der Waals surface area contributed by atoms with Crippen LogP contribution < -0.4 is 0 Å². The van der Waals surface area contributed by atoms with Gasteiger partial charge in [0.2, 0.25) is 0 Å². The van der Waals surface area contributed by atoms with Gasteiger partial charge in [0.1, 0.15) is 0 Å². The number of pyridine rings is 1. The molecule has 0 aliphatic carbocycles. The van der Waals surface area contributed by atoms with Crippen molar-refractivity contribution in [3.05, 3.63) is 53.7 Å². The lowest BCUT2D eigenvalue weighted by Crippen LogP contribution is -1.95. The maximum absolute atomic E-state index is 4.54. The number of benzene rings is 1. The van der Waals surface area contributed by atoms with E-state index in [-0.39, 0.29) is 0 Å². The Morgan fingerprint density at radius 1 is 0.950 bits per heavy atom. The molecule has 0 amide bonds. The summed E-state index contributed by atoms with van der Waals surface area (Å²) in [6.07, 6.45) is 6.75. The van der Waals surface area contributed by atoms with Crippen LogP contribution in [-0.2, 0) is 12.8 Å². The van der Waals surface area contributed by atoms with Gasteiger partial charge in [-0.2, -0.15) is 0 Å². The van der Waals surface area contributed by atoms with Crippen LogP contribution in [0.5, 0.6) is 0 Å². The third-order valence-corrected chi connectivity index (χ3v) is 4.11. The first-order chi connectivity index (χ1) is 9.72. The van der Waals surface area contributed by atoms with Gasteiger partial charge in [0.15, 0.2) is 0 Å². The molecular formula is C19H25N. The molecule has 0 aliphatic rings. The molecule has 106 valence electrons. The molecule has 0 bridgehead atoms. The quantitative estimate of drug-likeness (QED) is 0.693. The third kappa shape index (κ3) is 3.93. The molecule has 0 fully saturated rings. The molecular weight excluding hydrogens is 242 g/mol. The summed E-state index contributed by atoms with van der Waals surface area (Å²) in [4.78, 5) is 4.54. The molecule has 0 radical (unpaired) electrons. The number of rotatable bonds is 6. The Bertz CT molecular complexity index is 510. The van der Waals surface area contributed by atoms with Gasteiger partial charge >= 0.3 is 0 Å². The second-order valence-corrected chi connectivity index (χ2v) is 5.65. The Morgan fingerprint density at radius 3 is 2.20 bits per heavy atom. The van der Waals surface area contributed by atoms with Crippen molar-refractivity contribution in [1.82, 2.24) is 4.98 Å². The van der Waals surface area contributed by atoms with Gasteiger partial charge < -0.3 is 0 Å². The zero-order valence-electron chi connectivity index (χ0n) is 12.9. The van der Waals surface area contributed by atoms with Gasteiger partial charge in [-0.25, -0.2) is 0 Å². The maximum Gasteiger partial charge on any atom is 0.0702 e. The monoisotopic (exact) mass is 267 g/mol. The molecule has 1 aromatic carbocycles. The second-order valence-electron chi connectivity index (χ2n) is 5.65. The van der Waals surface area contributed by atoms with Gasteiger partial charge in [-0.1, -0.05) is 57.5 Å². The van der Waals surface area contributed by atoms with Crippen LogP contribution in [0.4, 0.5) is 0 Å². The van der Waals surface area contributed by atoms with Crippen LogP contribution in [0.2, 0.25) is 0 Å². The van der Waals surface area contributed by atoms with Crippen LogP contribution in [0.15, 0.2) is 42.6 Å². The molecule has 0 spiro atoms. The predicted molar refractivity (Wildman–Crippen MR) is 86.8 cm³/mol. The number of hydrogen-bond donors (Lipinski definition) is 0. The Labute approximate surface area is 123 Å². The minimum atomic E-state index is 0.818. The normalized spacial score (nSPS) is 12.3. The van der Waals surface area contributed by atoms with Crippen LogP contribution in [0.25, 0.3) is 11.3 Å². The van der Waals surface area contributed by atoms with Crippen molar-refractivity contribution >= 4 is 0 Å². The van der Waals surface area contributed by atoms with Crippen molar-refractivity contribution in [3.63, 3.8) is 0 Å². The Kier molecular flexibility index (Phi) is 5.34. The molecule has 1 aromatic heterocycles. The first kappa shape index (κ1) is 14.8. The van der Waals surface area contributed by atoms with Crippen LogP contribution >= 0.6 is 0 Å². The zero-order valence-corrected chi connectivity index (χ0v) is 12.9. The van der Waals surface area contributed by atoms with E-state index >= 15 is 0 Å². The fourth-order valence-corrected chi connectivity index (χ4v) is 2.26. The summed E-state index contributed by atoms with van der Waals surface area (Å²) in [7, 11) is 0. The van der Waals surface area contributed by atoms with Crippen molar-refractivity contribution < 1.29 is 0 Å². The second kappa shape index (κ2) is 7.23. The highest BCUT2D eigenvalue weighted by Crippen LogP contribution is 2.19. The van der Waals surface area contributed by atoms with Gasteiger partial charge in [-0.15, -0.1) is 0 Å². The Balaban J connectivity index is 2.03. The summed E-state index contributed by atoms with van der Waals surface area (Å²) in [5, 5.41) is 0. The van der Waals surface area contributed by atoms with E-state index < -0.39 is 0 Å². The lowest BCUT2D eigenvalue weighted by Gasteiger charge is -2.08. The Morgan fingerprint density at radius 2 is 1.65 bits per heavy atom. The fourth-order valence-electron chi connectivity index (χ4n) is 2.26. The van der Waals surface area contributed by atoms with Crippen molar-refractivity contribution in [1.29, 1.82) is 0 Å². The number of hydrogen-bond acceptors (Lipinski definition) is 1. The molecule has 20 heavy (non-hydrogen) atoms. The number of aromatic nitrogens is 1. The van der Waals surface area contributed by atoms with Gasteiger partial charge in [-0.3, -0.25) is 4.98 Å². The van der Waals surface area contributed by atoms with Gasteiger partial charge in [0.25, 0.3) is 0 Å². The molecule has 1 nitrogen and oxygen atoms in total. The molecule has 1 unspecified atom stereocenters. The van der Waals surface area contributed by atoms with Crippen molar-refractivity contribution in [2.45, 2.75) is 46.5 Å². The molecule has 1 atom stereocenters. The molecule has 2 rings (SSSR count). The third-order valence-electron chi connectivity index (χ3n) is 4.11. The smallest absolute Gasteiger partial charge is 0.0702 e. The minimum Gasteiger partial charge on any atom is -0.256 e. The lowest BCUT2D eigenvalue weighted by molar-refractivity contribution is 0.516. The summed E-state index contributed by atoms with van der Waals surface area (Å²) in [5.74, 6) is 0.818. The van der Waals surface area contributed by atoms with E-state index in [2.05, 4.69) is 62.2 Å². The van der Waals surface area contributed by atoms with Crippen LogP contribution in [0.1, 0.15) is 44.7 Å². The summed E-state index contributed by atoms with van der Waals surface area (Å²) >= 11 is 0. The van der Waals surface area contributed by atoms with Crippen LogP contribution in [0, 0.1) is 5.92 Å². The first-order valence-corrected chi connectivity index (χ1v) is 7.77. The summed E-state index contributed by atoms with van der Waals surface area (Å²) < 4.78 is 0. The lowest BCUT2D eigenvalue weighted by atomic mass is 9.98. The molecule has 1 heterocycles. The standard InChI is InChI=1S/C19H25N/c1-4-15(3)6-7-17-8-11-18(12-9-17)19-13-10-16(5-2)14-20-19/h8-15H,4-7H2,1-3H3. The van der Waals surface area contributed by atoms with E-state index in [9.17, 15) is 0 Å². The minimum absolute atomic E-state index is 0.818. The Hall–Kier alpha value is -1.63. The summed E-state index contributed by atoms with van der Waals surface area (Å²) in [5.41, 5.74) is 4.99. The van der Waals surface area contributed by atoms with E-state index in [0.29, 0.717) is 0 Å². The molecule has 1 heteroatoms. The predicted octanol–water partition coefficient (Wildman–Crippen LogP) is 5.29.